The lowest BCUT2D eigenvalue weighted by Crippen LogP contribution is -2.55. The maximum Gasteiger partial charge on any atom is 0.329 e. The summed E-state index contributed by atoms with van der Waals surface area (Å²) in [5.41, 5.74) is 0.922. The zero-order chi connectivity index (χ0) is 23.8. The van der Waals surface area contributed by atoms with Crippen molar-refractivity contribution < 1.29 is 23.9 Å². The Labute approximate surface area is 197 Å². The average molecular weight is 459 g/mol. The number of hydrogen-bond acceptors (Lipinski definition) is 6. The van der Waals surface area contributed by atoms with E-state index in [4.69, 9.17) is 9.47 Å². The van der Waals surface area contributed by atoms with Crippen LogP contribution in [0.25, 0.3) is 0 Å². The third kappa shape index (κ3) is 6.34. The molecule has 0 aromatic heterocycles. The second kappa shape index (κ2) is 12.2. The van der Waals surface area contributed by atoms with Crippen LogP contribution >= 0.6 is 0 Å². The van der Waals surface area contributed by atoms with Gasteiger partial charge in [0, 0.05) is 6.04 Å². The molecule has 1 amide bonds. The Morgan fingerprint density at radius 2 is 1.82 bits per heavy atom. The maximum atomic E-state index is 13.6. The average Bonchev–Trinajstić information content (AvgIpc) is 3.22. The minimum atomic E-state index is -0.601. The van der Waals surface area contributed by atoms with Gasteiger partial charge in [-0.3, -0.25) is 14.9 Å². The number of carbonyl (C=O) groups is 3. The fourth-order valence-electron chi connectivity index (χ4n) is 5.21. The minimum absolute atomic E-state index is 0.0528. The first-order chi connectivity index (χ1) is 16.0. The number of nitrogens with zero attached hydrogens (tertiary/aromatic N) is 1. The van der Waals surface area contributed by atoms with Gasteiger partial charge >= 0.3 is 11.9 Å². The quantitative estimate of drug-likeness (QED) is 0.539. The first kappa shape index (κ1) is 25.2. The summed E-state index contributed by atoms with van der Waals surface area (Å²) in [6.07, 6.45) is 6.14. The SMILES string of the molecule is CCC[C@@H](N[C@@H](C)C(=O)N1C2CCCCC2C[C@H]1C(=O)OCc1ccccc1)C(=O)OCC. The molecule has 2 unspecified atom stereocenters. The number of hydrogen-bond donors (Lipinski definition) is 1. The Bertz CT molecular complexity index is 799. The van der Waals surface area contributed by atoms with Crippen LogP contribution in [0, 0.1) is 5.92 Å². The monoisotopic (exact) mass is 458 g/mol. The molecule has 1 N–H and O–H groups in total. The molecule has 7 nitrogen and oxygen atoms in total. The summed E-state index contributed by atoms with van der Waals surface area (Å²) in [5.74, 6) is -0.503. The van der Waals surface area contributed by atoms with Crippen LogP contribution in [-0.2, 0) is 30.5 Å². The van der Waals surface area contributed by atoms with Crippen molar-refractivity contribution in [3.05, 3.63) is 35.9 Å². The van der Waals surface area contributed by atoms with Gasteiger partial charge in [-0.2, -0.15) is 0 Å². The van der Waals surface area contributed by atoms with E-state index in [0.717, 1.165) is 37.7 Å². The number of benzene rings is 1. The summed E-state index contributed by atoms with van der Waals surface area (Å²) in [6, 6.07) is 7.91. The summed E-state index contributed by atoms with van der Waals surface area (Å²) in [6.45, 7) is 6.03. The van der Waals surface area contributed by atoms with Crippen LogP contribution in [0.15, 0.2) is 30.3 Å². The fourth-order valence-corrected chi connectivity index (χ4v) is 5.21. The molecule has 5 atom stereocenters. The van der Waals surface area contributed by atoms with Gasteiger partial charge in [-0.15, -0.1) is 0 Å². The van der Waals surface area contributed by atoms with Crippen molar-refractivity contribution in [3.63, 3.8) is 0 Å². The normalized spacial score (nSPS) is 24.0. The van der Waals surface area contributed by atoms with Crippen LogP contribution in [0.1, 0.15) is 71.3 Å². The summed E-state index contributed by atoms with van der Waals surface area (Å²) < 4.78 is 10.8. The molecule has 2 aliphatic rings. The molecule has 182 valence electrons. The highest BCUT2D eigenvalue weighted by molar-refractivity contribution is 5.89. The standard InChI is InChI=1S/C26H38N2O5/c1-4-11-21(25(30)32-5-2)27-18(3)24(29)28-22-15-10-9-14-20(22)16-23(28)26(31)33-17-19-12-7-6-8-13-19/h6-8,12-13,18,20-23,27H,4-5,9-11,14-17H2,1-3H3/t18-,20?,21+,22?,23-/m0/s1. The van der Waals surface area contributed by atoms with Crippen molar-refractivity contribution in [2.45, 2.75) is 96.5 Å². The summed E-state index contributed by atoms with van der Waals surface area (Å²) in [5, 5.41) is 3.17. The van der Waals surface area contributed by atoms with Crippen LogP contribution in [0.2, 0.25) is 0 Å². The predicted molar refractivity (Wildman–Crippen MR) is 125 cm³/mol. The number of esters is 2. The Kier molecular flexibility index (Phi) is 9.30. The number of nitrogens with one attached hydrogen (secondary N) is 1. The van der Waals surface area contributed by atoms with Crippen molar-refractivity contribution in [1.29, 1.82) is 0 Å². The van der Waals surface area contributed by atoms with Gasteiger partial charge in [0.2, 0.25) is 5.91 Å². The molecule has 1 saturated carbocycles. The molecular weight excluding hydrogens is 420 g/mol. The number of rotatable bonds is 10. The van der Waals surface area contributed by atoms with E-state index >= 15 is 0 Å². The van der Waals surface area contributed by atoms with Crippen molar-refractivity contribution >= 4 is 17.8 Å². The molecule has 1 heterocycles. The van der Waals surface area contributed by atoms with Crippen LogP contribution in [-0.4, -0.2) is 53.5 Å². The highest BCUT2D eigenvalue weighted by atomic mass is 16.5. The van der Waals surface area contributed by atoms with Crippen molar-refractivity contribution in [1.82, 2.24) is 10.2 Å². The molecule has 2 fully saturated rings. The molecule has 1 aromatic carbocycles. The zero-order valence-electron chi connectivity index (χ0n) is 20.1. The molecule has 7 heteroatoms. The van der Waals surface area contributed by atoms with Gasteiger partial charge in [-0.1, -0.05) is 56.5 Å². The smallest absolute Gasteiger partial charge is 0.329 e. The number of ether oxygens (including phenoxy) is 2. The van der Waals surface area contributed by atoms with Gasteiger partial charge in [0.15, 0.2) is 0 Å². The van der Waals surface area contributed by atoms with Crippen LogP contribution in [0.3, 0.4) is 0 Å². The van der Waals surface area contributed by atoms with Gasteiger partial charge in [0.1, 0.15) is 18.7 Å². The van der Waals surface area contributed by atoms with Crippen LogP contribution < -0.4 is 5.32 Å². The Morgan fingerprint density at radius 1 is 1.09 bits per heavy atom. The number of amides is 1. The van der Waals surface area contributed by atoms with Gasteiger partial charge in [0.05, 0.1) is 12.6 Å². The lowest BCUT2D eigenvalue weighted by molar-refractivity contribution is -0.157. The zero-order valence-corrected chi connectivity index (χ0v) is 20.1. The van der Waals surface area contributed by atoms with Crippen molar-refractivity contribution in [2.24, 2.45) is 5.92 Å². The molecule has 0 radical (unpaired) electrons. The summed E-state index contributed by atoms with van der Waals surface area (Å²) >= 11 is 0. The molecule has 1 aliphatic carbocycles. The van der Waals surface area contributed by atoms with Gasteiger partial charge in [0.25, 0.3) is 0 Å². The van der Waals surface area contributed by atoms with Gasteiger partial charge < -0.3 is 14.4 Å². The van der Waals surface area contributed by atoms with Crippen molar-refractivity contribution in [2.75, 3.05) is 6.61 Å². The number of likely N-dealkylation sites (tertiary alicyclic amines) is 1. The van der Waals surface area contributed by atoms with Crippen LogP contribution in [0.5, 0.6) is 0 Å². The van der Waals surface area contributed by atoms with E-state index in [1.54, 1.807) is 18.7 Å². The summed E-state index contributed by atoms with van der Waals surface area (Å²) in [7, 11) is 0. The Hall–Kier alpha value is -2.41. The lowest BCUT2D eigenvalue weighted by atomic mass is 9.84. The van der Waals surface area contributed by atoms with E-state index in [1.807, 2.05) is 37.3 Å². The fraction of sp³-hybridized carbons (Fsp3) is 0.654. The number of carbonyl (C=O) groups excluding carboxylic acids is 3. The van der Waals surface area contributed by atoms with E-state index in [2.05, 4.69) is 5.32 Å². The molecular formula is C26H38N2O5. The topological polar surface area (TPSA) is 84.9 Å². The molecule has 0 bridgehead atoms. The van der Waals surface area contributed by atoms with E-state index in [0.29, 0.717) is 25.4 Å². The third-order valence-corrected chi connectivity index (χ3v) is 6.81. The Morgan fingerprint density at radius 3 is 2.52 bits per heavy atom. The highest BCUT2D eigenvalue weighted by Crippen LogP contribution is 2.40. The molecule has 1 saturated heterocycles. The molecule has 1 aromatic rings. The first-order valence-corrected chi connectivity index (χ1v) is 12.4. The van der Waals surface area contributed by atoms with E-state index < -0.39 is 18.1 Å². The third-order valence-electron chi connectivity index (χ3n) is 6.81. The minimum Gasteiger partial charge on any atom is -0.465 e. The predicted octanol–water partition coefficient (Wildman–Crippen LogP) is 3.60. The molecule has 1 aliphatic heterocycles. The van der Waals surface area contributed by atoms with Crippen LogP contribution in [0.4, 0.5) is 0 Å². The summed E-state index contributed by atoms with van der Waals surface area (Å²) in [4.78, 5) is 40.8. The highest BCUT2D eigenvalue weighted by Gasteiger charge is 2.49. The molecule has 33 heavy (non-hydrogen) atoms. The second-order valence-electron chi connectivity index (χ2n) is 9.18. The van der Waals surface area contributed by atoms with Gasteiger partial charge in [-0.05, 0) is 51.0 Å². The lowest BCUT2D eigenvalue weighted by Gasteiger charge is -2.35. The largest absolute Gasteiger partial charge is 0.465 e. The van der Waals surface area contributed by atoms with E-state index in [1.165, 1.54) is 0 Å². The van der Waals surface area contributed by atoms with Gasteiger partial charge in [-0.25, -0.2) is 4.79 Å². The Balaban J connectivity index is 1.72. The first-order valence-electron chi connectivity index (χ1n) is 12.4. The number of fused-ring (bicyclic) bond motifs is 1. The molecule has 3 rings (SSSR count). The molecule has 0 spiro atoms. The van der Waals surface area contributed by atoms with E-state index in [-0.39, 0.29) is 30.5 Å². The second-order valence-corrected chi connectivity index (χ2v) is 9.18. The van der Waals surface area contributed by atoms with E-state index in [9.17, 15) is 14.4 Å². The maximum absolute atomic E-state index is 13.6. The van der Waals surface area contributed by atoms with Crippen molar-refractivity contribution in [3.8, 4) is 0 Å².